The summed E-state index contributed by atoms with van der Waals surface area (Å²) in [4.78, 5) is 4.49. The highest BCUT2D eigenvalue weighted by Crippen LogP contribution is 2.62. The van der Waals surface area contributed by atoms with Crippen molar-refractivity contribution in [3.05, 3.63) is 12.2 Å². The molecule has 4 nitrogen and oxygen atoms in total. The topological polar surface area (TPSA) is 56.7 Å². The summed E-state index contributed by atoms with van der Waals surface area (Å²) in [6.45, 7) is 4.32. The van der Waals surface area contributed by atoms with Crippen LogP contribution in [0.3, 0.4) is 0 Å². The first kappa shape index (κ1) is 12.8. The van der Waals surface area contributed by atoms with Crippen molar-refractivity contribution in [2.24, 2.45) is 29.4 Å². The summed E-state index contributed by atoms with van der Waals surface area (Å²) in [7, 11) is 0. The van der Waals surface area contributed by atoms with Crippen LogP contribution >= 0.6 is 0 Å². The normalized spacial score (nSPS) is 42.6. The third kappa shape index (κ3) is 1.70. The Kier molecular flexibility index (Phi) is 2.75. The van der Waals surface area contributed by atoms with Crippen LogP contribution in [-0.2, 0) is 6.42 Å². The maximum atomic E-state index is 6.88. The third-order valence-corrected chi connectivity index (χ3v) is 6.31. The first-order valence-electron chi connectivity index (χ1n) is 8.26. The summed E-state index contributed by atoms with van der Waals surface area (Å²) >= 11 is 0. The molecule has 3 aliphatic rings. The summed E-state index contributed by atoms with van der Waals surface area (Å²) < 4.78 is 2.05. The lowest BCUT2D eigenvalue weighted by Crippen LogP contribution is -2.51. The van der Waals surface area contributed by atoms with Crippen molar-refractivity contribution in [1.29, 1.82) is 0 Å². The average Bonchev–Trinajstić information content (AvgIpc) is 3.07. The Morgan fingerprint density at radius 3 is 3.00 bits per heavy atom. The van der Waals surface area contributed by atoms with Gasteiger partial charge in [-0.3, -0.25) is 0 Å². The molecule has 1 aromatic rings. The Morgan fingerprint density at radius 2 is 2.20 bits per heavy atom. The molecule has 3 aliphatic carbocycles. The Hall–Kier alpha value is -0.900. The number of nitrogens with two attached hydrogens (primary N) is 1. The van der Waals surface area contributed by atoms with Gasteiger partial charge in [0.2, 0.25) is 0 Å². The van der Waals surface area contributed by atoms with E-state index in [-0.39, 0.29) is 5.54 Å². The number of hydrogen-bond acceptors (Lipinski definition) is 3. The average molecular weight is 274 g/mol. The molecule has 4 heteroatoms. The van der Waals surface area contributed by atoms with Crippen molar-refractivity contribution in [2.45, 2.75) is 64.0 Å². The van der Waals surface area contributed by atoms with Gasteiger partial charge in [0.1, 0.15) is 12.2 Å². The molecule has 1 aromatic heterocycles. The fraction of sp³-hybridized carbons (Fsp3) is 0.875. The lowest BCUT2D eigenvalue weighted by Gasteiger charge is -2.40. The molecule has 0 spiro atoms. The fourth-order valence-corrected chi connectivity index (χ4v) is 5.64. The highest BCUT2D eigenvalue weighted by Gasteiger charge is 2.59. The molecule has 0 saturated heterocycles. The summed E-state index contributed by atoms with van der Waals surface area (Å²) in [6.07, 6.45) is 9.50. The molecule has 0 radical (unpaired) electrons. The molecule has 5 unspecified atom stereocenters. The van der Waals surface area contributed by atoms with Crippen molar-refractivity contribution >= 4 is 0 Å². The van der Waals surface area contributed by atoms with Crippen molar-refractivity contribution in [3.63, 3.8) is 0 Å². The van der Waals surface area contributed by atoms with E-state index in [1.54, 1.807) is 6.33 Å². The fourth-order valence-electron chi connectivity index (χ4n) is 5.64. The number of rotatable bonds is 3. The van der Waals surface area contributed by atoms with Gasteiger partial charge in [-0.2, -0.15) is 5.10 Å². The van der Waals surface area contributed by atoms with E-state index >= 15 is 0 Å². The number of nitrogens with zero attached hydrogens (tertiary/aromatic N) is 3. The molecule has 110 valence electrons. The van der Waals surface area contributed by atoms with Crippen molar-refractivity contribution in [2.75, 3.05) is 0 Å². The van der Waals surface area contributed by atoms with Gasteiger partial charge in [0.15, 0.2) is 0 Å². The summed E-state index contributed by atoms with van der Waals surface area (Å²) in [5, 5.41) is 4.37. The Labute approximate surface area is 121 Å². The van der Waals surface area contributed by atoms with Gasteiger partial charge in [-0.05, 0) is 63.2 Å². The summed E-state index contributed by atoms with van der Waals surface area (Å²) in [5.74, 6) is 4.63. The van der Waals surface area contributed by atoms with E-state index in [2.05, 4.69) is 23.9 Å². The van der Waals surface area contributed by atoms with Gasteiger partial charge in [-0.15, -0.1) is 0 Å². The molecule has 0 aliphatic heterocycles. The SMILES string of the molecule is CC(C)n1ncnc1CC1(N)CC2CC1C1CCCC21. The van der Waals surface area contributed by atoms with Crippen LogP contribution in [0.15, 0.2) is 6.33 Å². The molecule has 0 amide bonds. The highest BCUT2D eigenvalue weighted by molar-refractivity contribution is 5.15. The lowest BCUT2D eigenvalue weighted by molar-refractivity contribution is 0.152. The minimum atomic E-state index is -0.0180. The van der Waals surface area contributed by atoms with E-state index in [1.165, 1.54) is 32.1 Å². The van der Waals surface area contributed by atoms with E-state index in [9.17, 15) is 0 Å². The minimum absolute atomic E-state index is 0.0180. The van der Waals surface area contributed by atoms with Crippen LogP contribution in [0, 0.1) is 23.7 Å². The Morgan fingerprint density at radius 1 is 1.40 bits per heavy atom. The third-order valence-electron chi connectivity index (χ3n) is 6.31. The monoisotopic (exact) mass is 274 g/mol. The predicted molar refractivity (Wildman–Crippen MR) is 78.1 cm³/mol. The predicted octanol–water partition coefficient (Wildman–Crippen LogP) is 2.56. The molecule has 2 N–H and O–H groups in total. The zero-order chi connectivity index (χ0) is 13.9. The molecule has 20 heavy (non-hydrogen) atoms. The van der Waals surface area contributed by atoms with Crippen LogP contribution in [0.5, 0.6) is 0 Å². The quantitative estimate of drug-likeness (QED) is 0.921. The lowest BCUT2D eigenvalue weighted by atomic mass is 9.70. The maximum Gasteiger partial charge on any atom is 0.138 e. The van der Waals surface area contributed by atoms with Gasteiger partial charge in [0.05, 0.1) is 0 Å². The standard InChI is InChI=1S/C16H26N4/c1-10(2)20-15(18-9-19-20)8-16(17)7-11-6-14(16)13-5-3-4-12(11)13/h9-14H,3-8,17H2,1-2H3. The smallest absolute Gasteiger partial charge is 0.138 e. The van der Waals surface area contributed by atoms with Gasteiger partial charge in [-0.25, -0.2) is 9.67 Å². The minimum Gasteiger partial charge on any atom is -0.324 e. The molecule has 1 heterocycles. The van der Waals surface area contributed by atoms with E-state index in [0.717, 1.165) is 35.9 Å². The van der Waals surface area contributed by atoms with Crippen LogP contribution in [0.1, 0.15) is 57.8 Å². The van der Waals surface area contributed by atoms with E-state index in [0.29, 0.717) is 6.04 Å². The van der Waals surface area contributed by atoms with E-state index < -0.39 is 0 Å². The second-order valence-electron chi connectivity index (χ2n) is 7.69. The first-order valence-corrected chi connectivity index (χ1v) is 8.26. The number of aromatic nitrogens is 3. The van der Waals surface area contributed by atoms with Crippen LogP contribution in [0.2, 0.25) is 0 Å². The zero-order valence-corrected chi connectivity index (χ0v) is 12.6. The molecule has 0 aromatic carbocycles. The molecule has 2 bridgehead atoms. The van der Waals surface area contributed by atoms with Gasteiger partial charge in [-0.1, -0.05) is 6.42 Å². The molecule has 4 rings (SSSR count). The molecule has 3 saturated carbocycles. The van der Waals surface area contributed by atoms with Crippen molar-refractivity contribution < 1.29 is 0 Å². The Balaban J connectivity index is 1.58. The van der Waals surface area contributed by atoms with Crippen LogP contribution in [-0.4, -0.2) is 20.3 Å². The Bertz CT molecular complexity index is 508. The van der Waals surface area contributed by atoms with Gasteiger partial charge >= 0.3 is 0 Å². The van der Waals surface area contributed by atoms with Gasteiger partial charge < -0.3 is 5.73 Å². The van der Waals surface area contributed by atoms with Gasteiger partial charge in [0.25, 0.3) is 0 Å². The number of hydrogen-bond donors (Lipinski definition) is 1. The molecule has 5 atom stereocenters. The number of fused-ring (bicyclic) bond motifs is 5. The van der Waals surface area contributed by atoms with Crippen molar-refractivity contribution in [3.8, 4) is 0 Å². The highest BCUT2D eigenvalue weighted by atomic mass is 15.3. The van der Waals surface area contributed by atoms with Crippen LogP contribution < -0.4 is 5.73 Å². The second-order valence-corrected chi connectivity index (χ2v) is 7.69. The summed E-state index contributed by atoms with van der Waals surface area (Å²) in [6, 6.07) is 0.369. The van der Waals surface area contributed by atoms with Crippen molar-refractivity contribution in [1.82, 2.24) is 14.8 Å². The second kappa shape index (κ2) is 4.30. The molecule has 3 fully saturated rings. The van der Waals surface area contributed by atoms with Crippen LogP contribution in [0.25, 0.3) is 0 Å². The first-order chi connectivity index (χ1) is 9.58. The molecular formula is C16H26N4. The molecular weight excluding hydrogens is 248 g/mol. The summed E-state index contributed by atoms with van der Waals surface area (Å²) in [5.41, 5.74) is 6.86. The van der Waals surface area contributed by atoms with Gasteiger partial charge in [0, 0.05) is 18.0 Å². The zero-order valence-electron chi connectivity index (χ0n) is 12.6. The maximum absolute atomic E-state index is 6.88. The largest absolute Gasteiger partial charge is 0.324 e. The van der Waals surface area contributed by atoms with Crippen LogP contribution in [0.4, 0.5) is 0 Å². The van der Waals surface area contributed by atoms with E-state index in [1.807, 2.05) is 4.68 Å². The van der Waals surface area contributed by atoms with E-state index in [4.69, 9.17) is 5.73 Å².